The summed E-state index contributed by atoms with van der Waals surface area (Å²) in [5.74, 6) is 1.43. The molecule has 5 rings (SSSR count). The molecule has 10 nitrogen and oxygen atoms in total. The van der Waals surface area contributed by atoms with Gasteiger partial charge >= 0.3 is 0 Å². The average molecular weight is 513 g/mol. The Hall–Kier alpha value is -4.62. The summed E-state index contributed by atoms with van der Waals surface area (Å²) in [6.45, 7) is 9.44. The van der Waals surface area contributed by atoms with Crippen molar-refractivity contribution in [2.45, 2.75) is 13.5 Å². The van der Waals surface area contributed by atoms with Gasteiger partial charge in [-0.3, -0.25) is 18.9 Å². The third kappa shape index (κ3) is 4.96. The number of nitrogens with one attached hydrogen (secondary N) is 1. The highest BCUT2D eigenvalue weighted by Crippen LogP contribution is 2.33. The van der Waals surface area contributed by atoms with Gasteiger partial charge in [0.1, 0.15) is 23.1 Å². The number of amides is 1. The van der Waals surface area contributed by atoms with E-state index in [0.717, 1.165) is 42.3 Å². The molecule has 1 N–H and O–H groups in total. The molecule has 0 spiro atoms. The highest BCUT2D eigenvalue weighted by Gasteiger charge is 2.24. The number of fused-ring (bicyclic) bond motifs is 2. The van der Waals surface area contributed by atoms with E-state index in [0.29, 0.717) is 24.6 Å². The summed E-state index contributed by atoms with van der Waals surface area (Å²) in [6, 6.07) is 11.6. The highest BCUT2D eigenvalue weighted by molar-refractivity contribution is 6.02. The molecule has 38 heavy (non-hydrogen) atoms. The van der Waals surface area contributed by atoms with Crippen molar-refractivity contribution in [3.05, 3.63) is 81.8 Å². The Bertz CT molecular complexity index is 1530. The number of ether oxygens (including phenoxy) is 2. The van der Waals surface area contributed by atoms with E-state index in [1.807, 2.05) is 42.2 Å². The van der Waals surface area contributed by atoms with E-state index in [2.05, 4.69) is 16.8 Å². The number of carbonyl (C=O) groups is 1. The van der Waals surface area contributed by atoms with Crippen molar-refractivity contribution in [1.82, 2.24) is 19.6 Å². The molecule has 3 aromatic rings. The fourth-order valence-electron chi connectivity index (χ4n) is 4.64. The molecule has 1 saturated heterocycles. The summed E-state index contributed by atoms with van der Waals surface area (Å²) in [7, 11) is 0. The maximum Gasteiger partial charge on any atom is 0.267 e. The zero-order valence-electron chi connectivity index (χ0n) is 21.1. The van der Waals surface area contributed by atoms with E-state index in [9.17, 15) is 14.9 Å². The van der Waals surface area contributed by atoms with Crippen molar-refractivity contribution in [2.75, 3.05) is 44.4 Å². The first-order valence-electron chi connectivity index (χ1n) is 12.4. The van der Waals surface area contributed by atoms with Gasteiger partial charge in [0, 0.05) is 45.5 Å². The Labute approximate surface area is 220 Å². The Kier molecular flexibility index (Phi) is 7.11. The number of piperazine rings is 1. The molecule has 0 atom stereocenters. The van der Waals surface area contributed by atoms with Gasteiger partial charge in [-0.25, -0.2) is 4.98 Å². The lowest BCUT2D eigenvalue weighted by molar-refractivity contribution is -0.116. The topological polar surface area (TPSA) is 112 Å². The number of nitrogens with zero attached hydrogens (tertiary/aromatic N) is 5. The van der Waals surface area contributed by atoms with Crippen LogP contribution in [0.3, 0.4) is 0 Å². The first-order chi connectivity index (χ1) is 18.5. The zero-order chi connectivity index (χ0) is 26.6. The van der Waals surface area contributed by atoms with Gasteiger partial charge in [-0.2, -0.15) is 5.26 Å². The molecule has 1 amide bonds. The van der Waals surface area contributed by atoms with Crippen LogP contribution in [0.2, 0.25) is 0 Å². The number of nitriles is 1. The molecule has 0 saturated carbocycles. The maximum atomic E-state index is 13.6. The molecule has 0 radical (unpaired) electrons. The van der Waals surface area contributed by atoms with Gasteiger partial charge < -0.3 is 19.7 Å². The second kappa shape index (κ2) is 10.8. The van der Waals surface area contributed by atoms with Crippen LogP contribution in [0.25, 0.3) is 11.7 Å². The smallest absolute Gasteiger partial charge is 0.267 e. The quantitative estimate of drug-likeness (QED) is 0.292. The molecule has 1 aromatic carbocycles. The first-order valence-corrected chi connectivity index (χ1v) is 12.4. The fourth-order valence-corrected chi connectivity index (χ4v) is 4.64. The maximum absolute atomic E-state index is 13.6. The van der Waals surface area contributed by atoms with Gasteiger partial charge in [-0.05, 0) is 42.3 Å². The number of hydrogen-bond donors (Lipinski definition) is 1. The summed E-state index contributed by atoms with van der Waals surface area (Å²) >= 11 is 0. The number of pyridine rings is 1. The van der Waals surface area contributed by atoms with Gasteiger partial charge in [-0.15, -0.1) is 6.58 Å². The summed E-state index contributed by atoms with van der Waals surface area (Å²) in [4.78, 5) is 35.3. The number of rotatable bonds is 7. The summed E-state index contributed by atoms with van der Waals surface area (Å²) in [6.07, 6.45) is 4.51. The van der Waals surface area contributed by atoms with E-state index in [1.165, 1.54) is 16.6 Å². The zero-order valence-corrected chi connectivity index (χ0v) is 21.1. The van der Waals surface area contributed by atoms with E-state index < -0.39 is 5.91 Å². The molecule has 2 aliphatic rings. The van der Waals surface area contributed by atoms with Gasteiger partial charge in [0.15, 0.2) is 11.5 Å². The Morgan fingerprint density at radius 2 is 2.00 bits per heavy atom. The van der Waals surface area contributed by atoms with Gasteiger partial charge in [0.25, 0.3) is 11.5 Å². The average Bonchev–Trinajstić information content (AvgIpc) is 3.40. The molecule has 2 aliphatic heterocycles. The SMILES string of the molecule is C=CCNC(=O)/C(C#N)=C/c1c(N2CCN(Cc3ccc4c(c3)OCO4)CC2)nc2c(C)cccn2c1=O. The minimum atomic E-state index is -0.569. The lowest BCUT2D eigenvalue weighted by atomic mass is 10.1. The predicted octanol–water partition coefficient (Wildman–Crippen LogP) is 2.26. The largest absolute Gasteiger partial charge is 0.454 e. The van der Waals surface area contributed by atoms with Crippen LogP contribution in [0, 0.1) is 18.3 Å². The second-order valence-corrected chi connectivity index (χ2v) is 9.16. The standard InChI is InChI=1S/C28H28N6O4/c1-3-8-30-27(35)21(16-29)15-22-26(31-25-19(2)5-4-9-34(25)28(22)36)33-12-10-32(11-13-33)17-20-6-7-23-24(14-20)38-18-37-23/h3-7,9,14-15H,1,8,10-13,17-18H2,2H3,(H,30,35)/b21-15+. The first kappa shape index (κ1) is 25.0. The number of benzene rings is 1. The molecule has 1 fully saturated rings. The van der Waals surface area contributed by atoms with Crippen molar-refractivity contribution in [2.24, 2.45) is 0 Å². The molecule has 194 valence electrons. The van der Waals surface area contributed by atoms with Crippen LogP contribution in [0.15, 0.2) is 59.6 Å². The van der Waals surface area contributed by atoms with Gasteiger partial charge in [-0.1, -0.05) is 18.2 Å². The third-order valence-electron chi connectivity index (χ3n) is 6.64. The van der Waals surface area contributed by atoms with Gasteiger partial charge in [0.2, 0.25) is 6.79 Å². The van der Waals surface area contributed by atoms with Gasteiger partial charge in [0.05, 0.1) is 5.56 Å². The van der Waals surface area contributed by atoms with Crippen LogP contribution in [0.5, 0.6) is 11.5 Å². The molecule has 4 heterocycles. The summed E-state index contributed by atoms with van der Waals surface area (Å²) in [5.41, 5.74) is 2.24. The van der Waals surface area contributed by atoms with Crippen LogP contribution in [0.4, 0.5) is 5.82 Å². The molecule has 2 aromatic heterocycles. The van der Waals surface area contributed by atoms with Crippen molar-refractivity contribution >= 4 is 23.4 Å². The minimum Gasteiger partial charge on any atom is -0.454 e. The van der Waals surface area contributed by atoms with E-state index >= 15 is 0 Å². The van der Waals surface area contributed by atoms with Crippen molar-refractivity contribution < 1.29 is 14.3 Å². The number of aryl methyl sites for hydroxylation is 1. The normalized spacial score (nSPS) is 15.4. The Morgan fingerprint density at radius 1 is 1.21 bits per heavy atom. The van der Waals surface area contributed by atoms with Crippen molar-refractivity contribution in [3.63, 3.8) is 0 Å². The predicted molar refractivity (Wildman–Crippen MR) is 143 cm³/mol. The van der Waals surface area contributed by atoms with Crippen LogP contribution < -0.4 is 25.2 Å². The van der Waals surface area contributed by atoms with Crippen molar-refractivity contribution in [3.8, 4) is 17.6 Å². The molecular formula is C28H28N6O4. The Morgan fingerprint density at radius 3 is 2.76 bits per heavy atom. The molecule has 0 aliphatic carbocycles. The van der Waals surface area contributed by atoms with E-state index in [1.54, 1.807) is 12.3 Å². The number of anilines is 1. The Balaban J connectivity index is 1.44. The fraction of sp³-hybridized carbons (Fsp3) is 0.286. The number of carbonyl (C=O) groups excluding carboxylic acids is 1. The minimum absolute atomic E-state index is 0.166. The second-order valence-electron chi connectivity index (χ2n) is 9.16. The molecule has 0 bridgehead atoms. The summed E-state index contributed by atoms with van der Waals surface area (Å²) in [5, 5.41) is 12.3. The van der Waals surface area contributed by atoms with E-state index in [4.69, 9.17) is 14.5 Å². The lowest BCUT2D eigenvalue weighted by Crippen LogP contribution is -2.47. The van der Waals surface area contributed by atoms with Crippen LogP contribution in [-0.2, 0) is 11.3 Å². The van der Waals surface area contributed by atoms with Crippen LogP contribution in [0.1, 0.15) is 16.7 Å². The van der Waals surface area contributed by atoms with E-state index in [-0.39, 0.29) is 30.0 Å². The monoisotopic (exact) mass is 512 g/mol. The lowest BCUT2D eigenvalue weighted by Gasteiger charge is -2.36. The van der Waals surface area contributed by atoms with Crippen LogP contribution in [-0.4, -0.2) is 59.7 Å². The molecular weight excluding hydrogens is 484 g/mol. The molecule has 0 unspecified atom stereocenters. The highest BCUT2D eigenvalue weighted by atomic mass is 16.7. The number of hydrogen-bond acceptors (Lipinski definition) is 8. The number of aromatic nitrogens is 2. The van der Waals surface area contributed by atoms with Crippen molar-refractivity contribution in [1.29, 1.82) is 5.26 Å². The van der Waals surface area contributed by atoms with Crippen LogP contribution >= 0.6 is 0 Å². The molecule has 10 heteroatoms. The summed E-state index contributed by atoms with van der Waals surface area (Å²) < 4.78 is 12.4. The third-order valence-corrected chi connectivity index (χ3v) is 6.64.